The predicted molar refractivity (Wildman–Crippen MR) is 98.0 cm³/mol. The first-order valence-corrected chi connectivity index (χ1v) is 9.20. The summed E-state index contributed by atoms with van der Waals surface area (Å²) in [5.74, 6) is -5.19. The van der Waals surface area contributed by atoms with Crippen LogP contribution in [0.1, 0.15) is 22.7 Å². The molecule has 4 rings (SSSR count). The molecule has 2 aliphatic heterocycles. The molecule has 2 heterocycles. The van der Waals surface area contributed by atoms with Crippen LogP contribution in [0.5, 0.6) is 0 Å². The number of fused-ring (bicyclic) bond motifs is 1. The molecule has 0 aromatic heterocycles. The summed E-state index contributed by atoms with van der Waals surface area (Å²) in [6.07, 6.45) is -4.71. The lowest BCUT2D eigenvalue weighted by Crippen LogP contribution is -2.57. The molecule has 30 heavy (non-hydrogen) atoms. The van der Waals surface area contributed by atoms with Crippen molar-refractivity contribution in [2.45, 2.75) is 24.2 Å². The van der Waals surface area contributed by atoms with Crippen LogP contribution in [0.2, 0.25) is 0 Å². The second-order valence-electron chi connectivity index (χ2n) is 7.54. The lowest BCUT2D eigenvalue weighted by atomic mass is 9.76. The molecule has 2 aromatic rings. The first-order chi connectivity index (χ1) is 14.1. The number of hydrogen-bond donors (Lipinski definition) is 3. The number of hydrogen-bond acceptors (Lipinski definition) is 4. The third-order valence-corrected chi connectivity index (χ3v) is 5.77. The van der Waals surface area contributed by atoms with Gasteiger partial charge in [-0.1, -0.05) is 42.5 Å². The van der Waals surface area contributed by atoms with Gasteiger partial charge < -0.3 is 5.11 Å². The van der Waals surface area contributed by atoms with Gasteiger partial charge in [-0.25, -0.2) is 0 Å². The lowest BCUT2D eigenvalue weighted by Gasteiger charge is -2.30. The number of carboxylic acid groups (broad SMARTS) is 1. The molecule has 156 valence electrons. The molecule has 2 aromatic carbocycles. The third-order valence-electron chi connectivity index (χ3n) is 5.77. The monoisotopic (exact) mass is 418 g/mol. The van der Waals surface area contributed by atoms with E-state index < -0.39 is 52.9 Å². The van der Waals surface area contributed by atoms with Gasteiger partial charge in [0.05, 0.1) is 17.4 Å². The number of carbonyl (C=O) groups is 3. The number of amides is 2. The van der Waals surface area contributed by atoms with E-state index in [4.69, 9.17) is 0 Å². The molecule has 2 amide bonds. The fourth-order valence-electron chi connectivity index (χ4n) is 4.48. The van der Waals surface area contributed by atoms with E-state index >= 15 is 0 Å². The minimum absolute atomic E-state index is 0.0980. The van der Waals surface area contributed by atoms with Crippen LogP contribution < -0.4 is 10.6 Å². The molecule has 2 fully saturated rings. The molecule has 6 nitrogen and oxygen atoms in total. The molecule has 0 aliphatic carbocycles. The number of aliphatic carboxylic acids is 1. The van der Waals surface area contributed by atoms with Crippen molar-refractivity contribution in [3.63, 3.8) is 0 Å². The van der Waals surface area contributed by atoms with Crippen molar-refractivity contribution in [1.82, 2.24) is 10.6 Å². The zero-order chi connectivity index (χ0) is 21.7. The van der Waals surface area contributed by atoms with Crippen LogP contribution in [0.25, 0.3) is 0 Å². The summed E-state index contributed by atoms with van der Waals surface area (Å²) in [5, 5.41) is 15.1. The van der Waals surface area contributed by atoms with Crippen LogP contribution in [-0.2, 0) is 27.0 Å². The highest BCUT2D eigenvalue weighted by molar-refractivity contribution is 6.09. The minimum Gasteiger partial charge on any atom is -0.480 e. The van der Waals surface area contributed by atoms with Crippen molar-refractivity contribution >= 4 is 17.8 Å². The summed E-state index contributed by atoms with van der Waals surface area (Å²) in [6.45, 7) is 0. The highest BCUT2D eigenvalue weighted by Gasteiger charge is 2.66. The second kappa shape index (κ2) is 6.94. The zero-order valence-electron chi connectivity index (χ0n) is 15.4. The van der Waals surface area contributed by atoms with Gasteiger partial charge in [0, 0.05) is 12.5 Å². The summed E-state index contributed by atoms with van der Waals surface area (Å²) in [7, 11) is 0. The Morgan fingerprint density at radius 2 is 1.73 bits per heavy atom. The average Bonchev–Trinajstić information content (AvgIpc) is 3.19. The minimum atomic E-state index is -4.60. The normalized spacial score (nSPS) is 28.3. The van der Waals surface area contributed by atoms with Gasteiger partial charge in [0.2, 0.25) is 11.8 Å². The van der Waals surface area contributed by atoms with E-state index in [9.17, 15) is 32.7 Å². The number of alkyl halides is 3. The number of nitrogens with one attached hydrogen (secondary N) is 2. The van der Waals surface area contributed by atoms with Gasteiger partial charge >= 0.3 is 12.1 Å². The Labute approximate surface area is 169 Å². The number of carboxylic acids is 1. The van der Waals surface area contributed by atoms with Gasteiger partial charge in [-0.05, 0) is 23.3 Å². The van der Waals surface area contributed by atoms with Crippen LogP contribution in [0.4, 0.5) is 13.2 Å². The Bertz CT molecular complexity index is 1020. The molecule has 0 spiro atoms. The summed E-state index contributed by atoms with van der Waals surface area (Å²) in [6, 6.07) is 11.8. The zero-order valence-corrected chi connectivity index (χ0v) is 15.4. The summed E-state index contributed by atoms with van der Waals surface area (Å²) < 4.78 is 39.5. The Hall–Kier alpha value is -3.20. The SMILES string of the molecule is O=C1NC(=O)C2C1C(c1cccc(C(F)(F)F)c1)NC2(Cc1ccccc1)C(=O)O. The Kier molecular flexibility index (Phi) is 4.65. The maximum atomic E-state index is 13.2. The predicted octanol–water partition coefficient (Wildman–Crippen LogP) is 2.30. The fourth-order valence-corrected chi connectivity index (χ4v) is 4.48. The van der Waals surface area contributed by atoms with E-state index in [1.165, 1.54) is 12.1 Å². The molecular weight excluding hydrogens is 401 g/mol. The van der Waals surface area contributed by atoms with Gasteiger partial charge in [0.25, 0.3) is 0 Å². The van der Waals surface area contributed by atoms with Gasteiger partial charge in [-0.15, -0.1) is 0 Å². The lowest BCUT2D eigenvalue weighted by molar-refractivity contribution is -0.149. The summed E-state index contributed by atoms with van der Waals surface area (Å²) in [4.78, 5) is 37.5. The molecule has 4 atom stereocenters. The Balaban J connectivity index is 1.82. The Morgan fingerprint density at radius 1 is 1.03 bits per heavy atom. The summed E-state index contributed by atoms with van der Waals surface area (Å²) in [5.41, 5.74) is -2.05. The van der Waals surface area contributed by atoms with Crippen molar-refractivity contribution in [2.24, 2.45) is 11.8 Å². The maximum Gasteiger partial charge on any atom is 0.416 e. The van der Waals surface area contributed by atoms with Crippen molar-refractivity contribution < 1.29 is 32.7 Å². The number of carbonyl (C=O) groups excluding carboxylic acids is 2. The molecule has 0 bridgehead atoms. The third kappa shape index (κ3) is 3.15. The maximum absolute atomic E-state index is 13.2. The van der Waals surface area contributed by atoms with E-state index in [0.29, 0.717) is 5.56 Å². The van der Waals surface area contributed by atoms with Gasteiger partial charge in [0.1, 0.15) is 5.54 Å². The van der Waals surface area contributed by atoms with E-state index in [1.54, 1.807) is 30.3 Å². The molecule has 0 saturated carbocycles. The quantitative estimate of drug-likeness (QED) is 0.663. The molecule has 9 heteroatoms. The van der Waals surface area contributed by atoms with Crippen LogP contribution in [0.3, 0.4) is 0 Å². The largest absolute Gasteiger partial charge is 0.480 e. The van der Waals surface area contributed by atoms with Crippen molar-refractivity contribution in [2.75, 3.05) is 0 Å². The Morgan fingerprint density at radius 3 is 2.37 bits per heavy atom. The highest BCUT2D eigenvalue weighted by atomic mass is 19.4. The molecule has 0 radical (unpaired) electrons. The first-order valence-electron chi connectivity index (χ1n) is 9.20. The number of imide groups is 1. The molecule has 4 unspecified atom stereocenters. The van der Waals surface area contributed by atoms with Crippen molar-refractivity contribution in [3.05, 3.63) is 71.3 Å². The fraction of sp³-hybridized carbons (Fsp3) is 0.286. The van der Waals surface area contributed by atoms with Crippen LogP contribution in [0, 0.1) is 11.8 Å². The molecular formula is C21H17F3N2O4. The van der Waals surface area contributed by atoms with Crippen molar-refractivity contribution in [1.29, 1.82) is 0 Å². The van der Waals surface area contributed by atoms with E-state index in [2.05, 4.69) is 10.6 Å². The standard InChI is InChI=1S/C21H17F3N2O4/c22-21(23,24)13-8-4-7-12(9-13)16-14-15(18(28)25-17(14)27)20(26-16,19(29)30)10-11-5-2-1-3-6-11/h1-9,14-16,26H,10H2,(H,29,30)(H,25,27,28). The molecule has 3 N–H and O–H groups in total. The van der Waals surface area contributed by atoms with E-state index in [0.717, 1.165) is 12.1 Å². The molecule has 2 aliphatic rings. The number of halogens is 3. The highest BCUT2D eigenvalue weighted by Crippen LogP contribution is 2.48. The van der Waals surface area contributed by atoms with Crippen molar-refractivity contribution in [3.8, 4) is 0 Å². The van der Waals surface area contributed by atoms with E-state index in [1.807, 2.05) is 0 Å². The molecule has 2 saturated heterocycles. The van der Waals surface area contributed by atoms with Gasteiger partial charge in [0.15, 0.2) is 0 Å². The first kappa shape index (κ1) is 20.1. The average molecular weight is 418 g/mol. The van der Waals surface area contributed by atoms with E-state index in [-0.39, 0.29) is 12.0 Å². The number of benzene rings is 2. The topological polar surface area (TPSA) is 95.5 Å². The number of rotatable bonds is 4. The summed E-state index contributed by atoms with van der Waals surface area (Å²) >= 11 is 0. The van der Waals surface area contributed by atoms with Gasteiger partial charge in [-0.2, -0.15) is 13.2 Å². The van der Waals surface area contributed by atoms with Crippen LogP contribution in [-0.4, -0.2) is 28.4 Å². The van der Waals surface area contributed by atoms with Crippen LogP contribution in [0.15, 0.2) is 54.6 Å². The van der Waals surface area contributed by atoms with Gasteiger partial charge in [-0.3, -0.25) is 25.0 Å². The smallest absolute Gasteiger partial charge is 0.416 e. The van der Waals surface area contributed by atoms with Crippen LogP contribution >= 0.6 is 0 Å². The second-order valence-corrected chi connectivity index (χ2v) is 7.54.